The molecule has 0 atom stereocenters. The first-order valence-corrected chi connectivity index (χ1v) is 5.13. The third kappa shape index (κ3) is 1.36. The van der Waals surface area contributed by atoms with Gasteiger partial charge in [-0.15, -0.1) is 0 Å². The van der Waals surface area contributed by atoms with Crippen LogP contribution < -0.4 is 5.56 Å². The molecule has 0 amide bonds. The maximum Gasteiger partial charge on any atom is 0.270 e. The van der Waals surface area contributed by atoms with Crippen LogP contribution in [-0.4, -0.2) is 4.98 Å². The van der Waals surface area contributed by atoms with Crippen molar-refractivity contribution in [2.24, 2.45) is 0 Å². The smallest absolute Gasteiger partial charge is 0.267 e. The number of hydrogen-bond acceptors (Lipinski definition) is 2. The molecule has 1 heterocycles. The predicted octanol–water partition coefficient (Wildman–Crippen LogP) is 2.75. The first-order valence-electron chi connectivity index (χ1n) is 5.13. The molecule has 2 heteroatoms. The van der Waals surface area contributed by atoms with Crippen LogP contribution >= 0.6 is 0 Å². The molecule has 2 nitrogen and oxygen atoms in total. The molecule has 0 aliphatic heterocycles. The van der Waals surface area contributed by atoms with Crippen molar-refractivity contribution in [3.63, 3.8) is 0 Å². The number of rotatable bonds is 0. The molecule has 0 radical (unpaired) electrons. The first-order chi connectivity index (χ1) is 7.84. The summed E-state index contributed by atoms with van der Waals surface area (Å²) < 4.78 is 0. The number of benzene rings is 1. The van der Waals surface area contributed by atoms with Crippen LogP contribution in [0.1, 0.15) is 0 Å². The topological polar surface area (TPSA) is 30.0 Å². The van der Waals surface area contributed by atoms with Crippen molar-refractivity contribution in [3.8, 4) is 0 Å². The fraction of sp³-hybridized carbons (Fsp3) is 0. The van der Waals surface area contributed by atoms with E-state index in [-0.39, 0.29) is 5.56 Å². The van der Waals surface area contributed by atoms with Crippen molar-refractivity contribution in [1.82, 2.24) is 4.98 Å². The average Bonchev–Trinajstić information content (AvgIpc) is 2.53. The van der Waals surface area contributed by atoms with Crippen LogP contribution in [0.2, 0.25) is 0 Å². The molecule has 16 heavy (non-hydrogen) atoms. The van der Waals surface area contributed by atoms with E-state index >= 15 is 0 Å². The summed E-state index contributed by atoms with van der Waals surface area (Å²) in [6.07, 6.45) is 0. The fourth-order valence-corrected chi connectivity index (χ4v) is 1.93. The van der Waals surface area contributed by atoms with E-state index in [2.05, 4.69) is 11.1 Å². The van der Waals surface area contributed by atoms with Gasteiger partial charge in [0.2, 0.25) is 0 Å². The van der Waals surface area contributed by atoms with E-state index < -0.39 is 0 Å². The maximum atomic E-state index is 11.2. The molecule has 3 aromatic rings. The fourth-order valence-electron chi connectivity index (χ4n) is 1.93. The van der Waals surface area contributed by atoms with Gasteiger partial charge >= 0.3 is 0 Å². The Balaban J connectivity index is 2.60. The van der Waals surface area contributed by atoms with Gasteiger partial charge in [-0.25, -0.2) is 4.98 Å². The molecule has 0 N–H and O–H groups in total. The Kier molecular flexibility index (Phi) is 1.93. The van der Waals surface area contributed by atoms with Crippen LogP contribution in [0.4, 0.5) is 0 Å². The number of pyridine rings is 1. The van der Waals surface area contributed by atoms with Crippen LogP contribution in [-0.2, 0) is 0 Å². The van der Waals surface area contributed by atoms with Gasteiger partial charge in [0.25, 0.3) is 5.56 Å². The lowest BCUT2D eigenvalue weighted by molar-refractivity contribution is 1.31. The van der Waals surface area contributed by atoms with Gasteiger partial charge in [-0.1, -0.05) is 36.4 Å². The summed E-state index contributed by atoms with van der Waals surface area (Å²) in [6, 6.07) is 17.3. The molecule has 76 valence electrons. The molecule has 0 saturated heterocycles. The standard InChI is InChI=1S/C14H9NO/c16-14-9-7-12-11-5-3-1-2-4-10(11)6-8-13(12)15-14/h1-9H. The van der Waals surface area contributed by atoms with Crippen molar-refractivity contribution in [3.05, 3.63) is 65.0 Å². The van der Waals surface area contributed by atoms with Gasteiger partial charge < -0.3 is 0 Å². The van der Waals surface area contributed by atoms with Gasteiger partial charge in [0.15, 0.2) is 0 Å². The van der Waals surface area contributed by atoms with Crippen molar-refractivity contribution in [1.29, 1.82) is 0 Å². The second kappa shape index (κ2) is 3.42. The minimum Gasteiger partial charge on any atom is -0.267 e. The summed E-state index contributed by atoms with van der Waals surface area (Å²) in [7, 11) is 0. The molecule has 0 fully saturated rings. The number of hydrogen-bond donors (Lipinski definition) is 0. The Labute approximate surface area is 92.2 Å². The Hall–Kier alpha value is -2.22. The van der Waals surface area contributed by atoms with E-state index in [1.165, 1.54) is 6.07 Å². The molecule has 0 aliphatic carbocycles. The van der Waals surface area contributed by atoms with Crippen molar-refractivity contribution < 1.29 is 0 Å². The Morgan fingerprint density at radius 2 is 1.62 bits per heavy atom. The highest BCUT2D eigenvalue weighted by Gasteiger charge is 1.99. The van der Waals surface area contributed by atoms with Gasteiger partial charge in [-0.05, 0) is 22.9 Å². The van der Waals surface area contributed by atoms with Crippen LogP contribution in [0.25, 0.3) is 21.7 Å². The van der Waals surface area contributed by atoms with E-state index in [1.54, 1.807) is 0 Å². The van der Waals surface area contributed by atoms with E-state index in [4.69, 9.17) is 0 Å². The molecule has 0 bridgehead atoms. The predicted molar refractivity (Wildman–Crippen MR) is 65.5 cm³/mol. The largest absolute Gasteiger partial charge is 0.270 e. The summed E-state index contributed by atoms with van der Waals surface area (Å²) >= 11 is 0. The van der Waals surface area contributed by atoms with E-state index in [0.29, 0.717) is 0 Å². The second-order valence-electron chi connectivity index (χ2n) is 3.70. The third-order valence-corrected chi connectivity index (χ3v) is 2.68. The van der Waals surface area contributed by atoms with E-state index in [0.717, 1.165) is 21.7 Å². The van der Waals surface area contributed by atoms with Crippen LogP contribution in [0.3, 0.4) is 0 Å². The molecule has 2 aromatic carbocycles. The lowest BCUT2D eigenvalue weighted by Gasteiger charge is -1.98. The maximum absolute atomic E-state index is 11.2. The Bertz CT molecular complexity index is 734. The number of aromatic nitrogens is 1. The highest BCUT2D eigenvalue weighted by atomic mass is 16.1. The van der Waals surface area contributed by atoms with Gasteiger partial charge in [-0.2, -0.15) is 0 Å². The Morgan fingerprint density at radius 3 is 2.56 bits per heavy atom. The minimum absolute atomic E-state index is 0.188. The normalized spacial score (nSPS) is 10.8. The lowest BCUT2D eigenvalue weighted by Crippen LogP contribution is -2.01. The van der Waals surface area contributed by atoms with E-state index in [9.17, 15) is 4.79 Å². The van der Waals surface area contributed by atoms with Crippen LogP contribution in [0.15, 0.2) is 59.4 Å². The van der Waals surface area contributed by atoms with E-state index in [1.807, 2.05) is 42.5 Å². The van der Waals surface area contributed by atoms with Crippen molar-refractivity contribution in [2.45, 2.75) is 0 Å². The van der Waals surface area contributed by atoms with Crippen LogP contribution in [0, 0.1) is 0 Å². The summed E-state index contributed by atoms with van der Waals surface area (Å²) in [5.74, 6) is 0. The monoisotopic (exact) mass is 207 g/mol. The second-order valence-corrected chi connectivity index (χ2v) is 3.70. The summed E-state index contributed by atoms with van der Waals surface area (Å²) in [5, 5.41) is 3.29. The molecular weight excluding hydrogens is 198 g/mol. The zero-order valence-electron chi connectivity index (χ0n) is 8.55. The third-order valence-electron chi connectivity index (χ3n) is 2.68. The molecule has 1 aromatic heterocycles. The molecule has 0 saturated carbocycles. The molecular formula is C14H9NO. The van der Waals surface area contributed by atoms with Gasteiger partial charge in [0, 0.05) is 11.5 Å². The summed E-state index contributed by atoms with van der Waals surface area (Å²) in [6.45, 7) is 0. The van der Waals surface area contributed by atoms with Crippen LogP contribution in [0.5, 0.6) is 0 Å². The molecule has 0 unspecified atom stereocenters. The lowest BCUT2D eigenvalue weighted by atomic mass is 10.1. The zero-order valence-corrected chi connectivity index (χ0v) is 8.55. The highest BCUT2D eigenvalue weighted by molar-refractivity contribution is 6.05. The van der Waals surface area contributed by atoms with Gasteiger partial charge in [0.05, 0.1) is 5.52 Å². The van der Waals surface area contributed by atoms with Crippen molar-refractivity contribution >= 4 is 21.7 Å². The molecule has 0 spiro atoms. The van der Waals surface area contributed by atoms with Gasteiger partial charge in [0.1, 0.15) is 0 Å². The SMILES string of the molecule is O=c1ccc2c(ccc3cccccc32)n1. The van der Waals surface area contributed by atoms with Crippen molar-refractivity contribution in [2.75, 3.05) is 0 Å². The number of nitrogens with zero attached hydrogens (tertiary/aromatic N) is 1. The highest BCUT2D eigenvalue weighted by Crippen LogP contribution is 2.21. The summed E-state index contributed by atoms with van der Waals surface area (Å²) in [4.78, 5) is 15.2. The quantitative estimate of drug-likeness (QED) is 0.567. The average molecular weight is 207 g/mol. The zero-order chi connectivity index (χ0) is 11.0. The Morgan fingerprint density at radius 1 is 0.750 bits per heavy atom. The first kappa shape index (κ1) is 9.04. The van der Waals surface area contributed by atoms with Gasteiger partial charge in [-0.3, -0.25) is 4.79 Å². The number of fused-ring (bicyclic) bond motifs is 3. The molecule has 3 rings (SSSR count). The summed E-state index contributed by atoms with van der Waals surface area (Å²) in [5.41, 5.74) is 0.568. The minimum atomic E-state index is -0.188. The molecule has 0 aliphatic rings.